The topological polar surface area (TPSA) is 38.3 Å². The molecule has 2 aliphatic carbocycles. The van der Waals surface area contributed by atoms with Crippen molar-refractivity contribution >= 4 is 5.97 Å². The summed E-state index contributed by atoms with van der Waals surface area (Å²) in [5.74, 6) is -0.104. The standard InChI is InChI=1S/C26H25NO2/c1-29-25(28)18-15-16-20(17-18)27-26(19-9-3-2-4-10-19)23-13-7-5-11-21(23)22-12-6-8-14-24(22)26/h2-14,18,20,27H,15-17H2,1H3/t18-,20-/m0/s1. The molecule has 0 unspecified atom stereocenters. The van der Waals surface area contributed by atoms with Gasteiger partial charge in [0.2, 0.25) is 0 Å². The normalized spacial score (nSPS) is 21.4. The summed E-state index contributed by atoms with van der Waals surface area (Å²) < 4.78 is 5.01. The Bertz CT molecular complexity index is 998. The van der Waals surface area contributed by atoms with E-state index in [4.69, 9.17) is 4.74 Å². The van der Waals surface area contributed by atoms with Crippen molar-refractivity contribution in [3.63, 3.8) is 0 Å². The molecule has 1 saturated carbocycles. The number of fused-ring (bicyclic) bond motifs is 3. The van der Waals surface area contributed by atoms with Crippen molar-refractivity contribution in [1.29, 1.82) is 0 Å². The average Bonchev–Trinajstić information content (AvgIpc) is 3.36. The maximum absolute atomic E-state index is 12.1. The van der Waals surface area contributed by atoms with Crippen LogP contribution in [-0.4, -0.2) is 19.1 Å². The second kappa shape index (κ2) is 7.16. The number of nitrogens with one attached hydrogen (secondary N) is 1. The van der Waals surface area contributed by atoms with Crippen LogP contribution in [0.15, 0.2) is 78.9 Å². The van der Waals surface area contributed by atoms with E-state index in [0.717, 1.165) is 19.3 Å². The molecule has 0 aromatic heterocycles. The van der Waals surface area contributed by atoms with Crippen LogP contribution in [0.2, 0.25) is 0 Å². The first-order chi connectivity index (χ1) is 14.2. The predicted molar refractivity (Wildman–Crippen MR) is 114 cm³/mol. The quantitative estimate of drug-likeness (QED) is 0.652. The Morgan fingerprint density at radius 2 is 1.45 bits per heavy atom. The lowest BCUT2D eigenvalue weighted by molar-refractivity contribution is -0.145. The Morgan fingerprint density at radius 1 is 0.862 bits per heavy atom. The lowest BCUT2D eigenvalue weighted by atomic mass is 9.80. The third-order valence-electron chi connectivity index (χ3n) is 6.55. The van der Waals surface area contributed by atoms with Gasteiger partial charge in [-0.1, -0.05) is 78.9 Å². The largest absolute Gasteiger partial charge is 0.469 e. The van der Waals surface area contributed by atoms with E-state index in [1.165, 1.54) is 34.9 Å². The number of carbonyl (C=O) groups is 1. The Kier molecular flexibility index (Phi) is 4.48. The highest BCUT2D eigenvalue weighted by Gasteiger charge is 2.46. The summed E-state index contributed by atoms with van der Waals surface area (Å²) >= 11 is 0. The SMILES string of the molecule is COC(=O)[C@H]1CC[C@H](NC2(c3ccccc3)c3ccccc3-c3ccccc32)C1. The van der Waals surface area contributed by atoms with Crippen LogP contribution in [0.3, 0.4) is 0 Å². The van der Waals surface area contributed by atoms with Crippen LogP contribution in [0.25, 0.3) is 11.1 Å². The minimum absolute atomic E-state index is 0.0165. The van der Waals surface area contributed by atoms with Crippen LogP contribution in [0, 0.1) is 5.92 Å². The van der Waals surface area contributed by atoms with E-state index in [2.05, 4.69) is 84.2 Å². The number of rotatable bonds is 4. The van der Waals surface area contributed by atoms with Gasteiger partial charge in [0.25, 0.3) is 0 Å². The Labute approximate surface area is 171 Å². The van der Waals surface area contributed by atoms with Crippen LogP contribution < -0.4 is 5.32 Å². The van der Waals surface area contributed by atoms with Crippen LogP contribution in [-0.2, 0) is 15.1 Å². The Hall–Kier alpha value is -2.91. The fourth-order valence-electron chi connectivity index (χ4n) is 5.27. The van der Waals surface area contributed by atoms with Crippen LogP contribution in [0.5, 0.6) is 0 Å². The second-order valence-electron chi connectivity index (χ2n) is 8.08. The van der Waals surface area contributed by atoms with Gasteiger partial charge in [0.1, 0.15) is 0 Å². The first kappa shape index (κ1) is 18.1. The van der Waals surface area contributed by atoms with Crippen molar-refractivity contribution in [3.05, 3.63) is 95.6 Å². The van der Waals surface area contributed by atoms with Gasteiger partial charge < -0.3 is 4.74 Å². The molecule has 0 spiro atoms. The van der Waals surface area contributed by atoms with Crippen molar-refractivity contribution in [2.45, 2.75) is 30.8 Å². The van der Waals surface area contributed by atoms with Gasteiger partial charge in [-0.05, 0) is 47.1 Å². The van der Waals surface area contributed by atoms with Gasteiger partial charge in [0.05, 0.1) is 18.6 Å². The minimum Gasteiger partial charge on any atom is -0.469 e. The third kappa shape index (κ3) is 2.80. The monoisotopic (exact) mass is 383 g/mol. The molecule has 0 saturated heterocycles. The molecule has 0 amide bonds. The molecule has 2 atom stereocenters. The molecular formula is C26H25NO2. The van der Waals surface area contributed by atoms with Gasteiger partial charge in [0, 0.05) is 6.04 Å². The summed E-state index contributed by atoms with van der Waals surface area (Å²) in [5.41, 5.74) is 5.95. The number of ether oxygens (including phenoxy) is 1. The molecule has 1 N–H and O–H groups in total. The average molecular weight is 383 g/mol. The molecule has 5 rings (SSSR count). The lowest BCUT2D eigenvalue weighted by Gasteiger charge is -2.37. The molecule has 29 heavy (non-hydrogen) atoms. The zero-order chi connectivity index (χ0) is 19.8. The summed E-state index contributed by atoms with van der Waals surface area (Å²) in [6.07, 6.45) is 2.66. The number of methoxy groups -OCH3 is 1. The Balaban J connectivity index is 1.65. The smallest absolute Gasteiger partial charge is 0.308 e. The van der Waals surface area contributed by atoms with Gasteiger partial charge in [-0.3, -0.25) is 10.1 Å². The molecule has 0 heterocycles. The number of benzene rings is 3. The summed E-state index contributed by atoms with van der Waals surface area (Å²) in [6.45, 7) is 0. The van der Waals surface area contributed by atoms with Gasteiger partial charge in [-0.15, -0.1) is 0 Å². The van der Waals surface area contributed by atoms with Crippen LogP contribution in [0.1, 0.15) is 36.0 Å². The van der Waals surface area contributed by atoms with E-state index >= 15 is 0 Å². The first-order valence-electron chi connectivity index (χ1n) is 10.3. The second-order valence-corrected chi connectivity index (χ2v) is 8.08. The first-order valence-corrected chi connectivity index (χ1v) is 10.3. The fraction of sp³-hybridized carbons (Fsp3) is 0.269. The Morgan fingerprint density at radius 3 is 2.07 bits per heavy atom. The van der Waals surface area contributed by atoms with Gasteiger partial charge in [-0.25, -0.2) is 0 Å². The number of hydrogen-bond donors (Lipinski definition) is 1. The minimum atomic E-state index is -0.413. The third-order valence-corrected chi connectivity index (χ3v) is 6.55. The number of carbonyl (C=O) groups excluding carboxylic acids is 1. The summed E-state index contributed by atoms with van der Waals surface area (Å²) in [4.78, 5) is 12.1. The van der Waals surface area contributed by atoms with E-state index in [0.29, 0.717) is 0 Å². The van der Waals surface area contributed by atoms with Gasteiger partial charge >= 0.3 is 5.97 Å². The molecule has 0 bridgehead atoms. The summed E-state index contributed by atoms with van der Waals surface area (Å²) in [5, 5.41) is 4.02. The van der Waals surface area contributed by atoms with Crippen molar-refractivity contribution < 1.29 is 9.53 Å². The van der Waals surface area contributed by atoms with E-state index in [1.54, 1.807) is 0 Å². The van der Waals surface area contributed by atoms with E-state index < -0.39 is 5.54 Å². The maximum atomic E-state index is 12.1. The van der Waals surface area contributed by atoms with Gasteiger partial charge in [0.15, 0.2) is 0 Å². The maximum Gasteiger partial charge on any atom is 0.308 e. The number of hydrogen-bond acceptors (Lipinski definition) is 3. The summed E-state index contributed by atoms with van der Waals surface area (Å²) in [7, 11) is 1.48. The molecule has 0 aliphatic heterocycles. The molecule has 3 nitrogen and oxygen atoms in total. The van der Waals surface area contributed by atoms with E-state index in [1.807, 2.05) is 0 Å². The molecule has 3 aromatic rings. The lowest BCUT2D eigenvalue weighted by Crippen LogP contribution is -2.48. The van der Waals surface area contributed by atoms with Crippen LogP contribution in [0.4, 0.5) is 0 Å². The highest BCUT2D eigenvalue weighted by Crippen LogP contribution is 2.51. The fourth-order valence-corrected chi connectivity index (χ4v) is 5.27. The number of esters is 1. The van der Waals surface area contributed by atoms with Crippen molar-refractivity contribution in [3.8, 4) is 11.1 Å². The van der Waals surface area contributed by atoms with E-state index in [9.17, 15) is 4.79 Å². The molecule has 1 fully saturated rings. The zero-order valence-electron chi connectivity index (χ0n) is 16.6. The highest BCUT2D eigenvalue weighted by atomic mass is 16.5. The summed E-state index contributed by atoms with van der Waals surface area (Å²) in [6, 6.07) is 28.3. The van der Waals surface area contributed by atoms with Crippen molar-refractivity contribution in [2.75, 3.05) is 7.11 Å². The van der Waals surface area contributed by atoms with Crippen molar-refractivity contribution in [2.24, 2.45) is 5.92 Å². The predicted octanol–water partition coefficient (Wildman–Crippen LogP) is 4.89. The van der Waals surface area contributed by atoms with Crippen LogP contribution >= 0.6 is 0 Å². The highest BCUT2D eigenvalue weighted by molar-refractivity contribution is 5.83. The molecule has 3 heteroatoms. The molecular weight excluding hydrogens is 358 g/mol. The van der Waals surface area contributed by atoms with Crippen molar-refractivity contribution in [1.82, 2.24) is 5.32 Å². The molecule has 0 radical (unpaired) electrons. The molecule has 2 aliphatic rings. The van der Waals surface area contributed by atoms with E-state index in [-0.39, 0.29) is 17.9 Å². The van der Waals surface area contributed by atoms with Gasteiger partial charge in [-0.2, -0.15) is 0 Å². The molecule has 3 aromatic carbocycles. The zero-order valence-corrected chi connectivity index (χ0v) is 16.6. The molecule has 146 valence electrons.